The smallest absolute Gasteiger partial charge is 0.343 e. The Balaban J connectivity index is 2.19. The maximum absolute atomic E-state index is 12.4. The van der Waals surface area contributed by atoms with Gasteiger partial charge in [-0.05, 0) is 24.6 Å². The molecule has 0 aliphatic carbocycles. The summed E-state index contributed by atoms with van der Waals surface area (Å²) in [6.07, 6.45) is -0.0555. The molecule has 0 radical (unpaired) electrons. The normalized spacial score (nSPS) is 15.6. The molecular weight excluding hydrogens is 356 g/mol. The average molecular weight is 374 g/mol. The van der Waals surface area contributed by atoms with Crippen molar-refractivity contribution >= 4 is 11.9 Å². The minimum absolute atomic E-state index is 0.0555. The van der Waals surface area contributed by atoms with Crippen LogP contribution in [0.3, 0.4) is 0 Å². The van der Waals surface area contributed by atoms with Gasteiger partial charge in [-0.15, -0.1) is 0 Å². The lowest BCUT2D eigenvalue weighted by atomic mass is 9.87. The lowest BCUT2D eigenvalue weighted by Crippen LogP contribution is -2.26. The van der Waals surface area contributed by atoms with Crippen LogP contribution in [-0.2, 0) is 9.59 Å². The number of fused-ring (bicyclic) bond motifs is 1. The average Bonchev–Trinajstić information content (AvgIpc) is 2.59. The van der Waals surface area contributed by atoms with E-state index < -0.39 is 23.5 Å². The number of hydrogen-bond donors (Lipinski definition) is 0. The summed E-state index contributed by atoms with van der Waals surface area (Å²) in [5.41, 5.74) is 0.225. The summed E-state index contributed by atoms with van der Waals surface area (Å²) in [5, 5.41) is 0. The zero-order valence-electron chi connectivity index (χ0n) is 15.3. The summed E-state index contributed by atoms with van der Waals surface area (Å²) < 4.78 is 26.2. The van der Waals surface area contributed by atoms with Crippen LogP contribution in [0, 0.1) is 6.92 Å². The van der Waals surface area contributed by atoms with Gasteiger partial charge in [0.2, 0.25) is 5.75 Å². The van der Waals surface area contributed by atoms with Crippen LogP contribution in [0.1, 0.15) is 36.1 Å². The molecule has 8 heteroatoms. The van der Waals surface area contributed by atoms with Crippen molar-refractivity contribution in [1.29, 1.82) is 0 Å². The third-order valence-electron chi connectivity index (χ3n) is 4.15. The van der Waals surface area contributed by atoms with Crippen LogP contribution in [0.2, 0.25) is 0 Å². The number of rotatable bonds is 4. The fourth-order valence-electron chi connectivity index (χ4n) is 3.06. The second-order valence-corrected chi connectivity index (χ2v) is 6.00. The van der Waals surface area contributed by atoms with Gasteiger partial charge < -0.3 is 23.4 Å². The first kappa shape index (κ1) is 18.5. The Hall–Kier alpha value is -3.29. The van der Waals surface area contributed by atoms with Gasteiger partial charge in [-0.3, -0.25) is 9.59 Å². The maximum Gasteiger partial charge on any atom is 0.343 e. The first-order valence-corrected chi connectivity index (χ1v) is 8.13. The highest BCUT2D eigenvalue weighted by Crippen LogP contribution is 2.44. The number of aryl methyl sites for hydroxylation is 1. The van der Waals surface area contributed by atoms with Crippen LogP contribution in [0.15, 0.2) is 27.4 Å². The summed E-state index contributed by atoms with van der Waals surface area (Å²) in [4.78, 5) is 35.8. The van der Waals surface area contributed by atoms with E-state index in [0.717, 1.165) is 0 Å². The molecule has 142 valence electrons. The standard InChI is InChI=1S/C19H18O8/c1-9-5-13-17(19(22)25-9)12(8-16(21)27-13)11-6-14(23-3)18(26-10(2)20)15(7-11)24-4/h5-7,12H,8H2,1-4H3/t12-/m0/s1. The third-order valence-corrected chi connectivity index (χ3v) is 4.15. The molecule has 0 bridgehead atoms. The van der Waals surface area contributed by atoms with Crippen molar-refractivity contribution in [1.82, 2.24) is 0 Å². The van der Waals surface area contributed by atoms with E-state index in [9.17, 15) is 14.4 Å². The number of ether oxygens (including phenoxy) is 4. The summed E-state index contributed by atoms with van der Waals surface area (Å²) in [7, 11) is 2.82. The van der Waals surface area contributed by atoms with Gasteiger partial charge in [-0.2, -0.15) is 0 Å². The predicted molar refractivity (Wildman–Crippen MR) is 92.7 cm³/mol. The van der Waals surface area contributed by atoms with Crippen molar-refractivity contribution in [2.24, 2.45) is 0 Å². The molecule has 1 aromatic carbocycles. The highest BCUT2D eigenvalue weighted by Gasteiger charge is 2.33. The van der Waals surface area contributed by atoms with Gasteiger partial charge in [-0.25, -0.2) is 4.79 Å². The second kappa shape index (κ2) is 7.14. The molecule has 0 unspecified atom stereocenters. The van der Waals surface area contributed by atoms with Gasteiger partial charge in [0, 0.05) is 18.9 Å². The van der Waals surface area contributed by atoms with E-state index >= 15 is 0 Å². The summed E-state index contributed by atoms with van der Waals surface area (Å²) in [6.45, 7) is 2.85. The van der Waals surface area contributed by atoms with E-state index in [-0.39, 0.29) is 35.0 Å². The topological polar surface area (TPSA) is 101 Å². The van der Waals surface area contributed by atoms with E-state index in [2.05, 4.69) is 0 Å². The summed E-state index contributed by atoms with van der Waals surface area (Å²) in [6, 6.07) is 4.68. The Bertz CT molecular complexity index is 947. The molecule has 0 spiro atoms. The molecule has 0 N–H and O–H groups in total. The van der Waals surface area contributed by atoms with E-state index in [4.69, 9.17) is 23.4 Å². The Morgan fingerprint density at radius 1 is 1.11 bits per heavy atom. The van der Waals surface area contributed by atoms with E-state index in [1.165, 1.54) is 27.2 Å². The number of hydrogen-bond acceptors (Lipinski definition) is 8. The van der Waals surface area contributed by atoms with Crippen LogP contribution in [0.4, 0.5) is 0 Å². The van der Waals surface area contributed by atoms with Crippen LogP contribution in [-0.4, -0.2) is 26.2 Å². The fourth-order valence-corrected chi connectivity index (χ4v) is 3.06. The molecule has 8 nitrogen and oxygen atoms in total. The van der Waals surface area contributed by atoms with Gasteiger partial charge in [0.15, 0.2) is 11.5 Å². The Morgan fingerprint density at radius 2 is 1.74 bits per heavy atom. The van der Waals surface area contributed by atoms with Crippen LogP contribution in [0.25, 0.3) is 0 Å². The largest absolute Gasteiger partial charge is 0.493 e. The minimum Gasteiger partial charge on any atom is -0.493 e. The van der Waals surface area contributed by atoms with Crippen molar-refractivity contribution in [2.75, 3.05) is 14.2 Å². The number of carbonyl (C=O) groups is 2. The fraction of sp³-hybridized carbons (Fsp3) is 0.316. The Kier molecular flexibility index (Phi) is 4.89. The van der Waals surface area contributed by atoms with Crippen molar-refractivity contribution in [3.05, 3.63) is 45.5 Å². The molecule has 0 amide bonds. The third kappa shape index (κ3) is 3.51. The summed E-state index contributed by atoms with van der Waals surface area (Å²) >= 11 is 0. The van der Waals surface area contributed by atoms with Crippen LogP contribution >= 0.6 is 0 Å². The number of benzene rings is 1. The molecule has 0 saturated heterocycles. The molecular formula is C19H18O8. The van der Waals surface area contributed by atoms with E-state index in [1.54, 1.807) is 19.1 Å². The molecule has 3 rings (SSSR count). The molecule has 1 aromatic heterocycles. The number of esters is 2. The van der Waals surface area contributed by atoms with Crippen molar-refractivity contribution in [3.8, 4) is 23.0 Å². The van der Waals surface area contributed by atoms with Crippen molar-refractivity contribution in [3.63, 3.8) is 0 Å². The molecule has 2 aromatic rings. The van der Waals surface area contributed by atoms with Gasteiger partial charge in [-0.1, -0.05) is 0 Å². The zero-order chi connectivity index (χ0) is 19.7. The van der Waals surface area contributed by atoms with E-state index in [1.807, 2.05) is 0 Å². The Morgan fingerprint density at radius 3 is 2.30 bits per heavy atom. The van der Waals surface area contributed by atoms with Crippen molar-refractivity contribution in [2.45, 2.75) is 26.2 Å². The molecule has 2 heterocycles. The number of methoxy groups -OCH3 is 2. The monoisotopic (exact) mass is 374 g/mol. The summed E-state index contributed by atoms with van der Waals surface area (Å²) in [5.74, 6) is -0.535. The Labute approximate surface area is 154 Å². The van der Waals surface area contributed by atoms with Gasteiger partial charge in [0.1, 0.15) is 11.5 Å². The predicted octanol–water partition coefficient (Wildman–Crippen LogP) is 2.33. The maximum atomic E-state index is 12.4. The SMILES string of the molecule is COc1cc([C@@H]2CC(=O)Oc3cc(C)oc(=O)c32)cc(OC)c1OC(C)=O. The van der Waals surface area contributed by atoms with Gasteiger partial charge in [0.05, 0.1) is 26.2 Å². The lowest BCUT2D eigenvalue weighted by molar-refractivity contribution is -0.135. The number of carbonyl (C=O) groups excluding carboxylic acids is 2. The second-order valence-electron chi connectivity index (χ2n) is 6.00. The van der Waals surface area contributed by atoms with Crippen molar-refractivity contribution < 1.29 is 33.0 Å². The molecule has 1 atom stereocenters. The molecule has 27 heavy (non-hydrogen) atoms. The lowest BCUT2D eigenvalue weighted by Gasteiger charge is -2.24. The van der Waals surface area contributed by atoms with Crippen LogP contribution in [0.5, 0.6) is 23.0 Å². The van der Waals surface area contributed by atoms with Crippen LogP contribution < -0.4 is 24.6 Å². The molecule has 0 saturated carbocycles. The van der Waals surface area contributed by atoms with Gasteiger partial charge >= 0.3 is 17.6 Å². The molecule has 1 aliphatic rings. The van der Waals surface area contributed by atoms with E-state index in [0.29, 0.717) is 11.3 Å². The highest BCUT2D eigenvalue weighted by atomic mass is 16.6. The zero-order valence-corrected chi connectivity index (χ0v) is 15.3. The minimum atomic E-state index is -0.618. The first-order valence-electron chi connectivity index (χ1n) is 8.13. The first-order chi connectivity index (χ1) is 12.8. The molecule has 0 fully saturated rings. The molecule has 1 aliphatic heterocycles. The highest BCUT2D eigenvalue weighted by molar-refractivity contribution is 5.78. The quantitative estimate of drug-likeness (QED) is 0.594. The van der Waals surface area contributed by atoms with Gasteiger partial charge in [0.25, 0.3) is 0 Å².